The van der Waals surface area contributed by atoms with Crippen molar-refractivity contribution in [3.05, 3.63) is 22.7 Å². The zero-order valence-corrected chi connectivity index (χ0v) is 12.9. The van der Waals surface area contributed by atoms with Crippen molar-refractivity contribution in [1.29, 1.82) is 0 Å². The minimum absolute atomic E-state index is 0.263. The quantitative estimate of drug-likeness (QED) is 0.898. The van der Waals surface area contributed by atoms with E-state index in [2.05, 4.69) is 5.32 Å². The Balaban J connectivity index is 1.66. The molecule has 21 heavy (non-hydrogen) atoms. The van der Waals surface area contributed by atoms with Crippen LogP contribution >= 0.6 is 11.6 Å². The standard InChI is InChI=1S/C16H22ClNO3/c17-13-7-11(8-15-16(13)21-6-5-20-15)9-18-14-4-2-1-3-12(14)10-19/h7-8,12,14,18-19H,1-6,9-10H2. The summed E-state index contributed by atoms with van der Waals surface area (Å²) in [4.78, 5) is 0. The summed E-state index contributed by atoms with van der Waals surface area (Å²) in [6.45, 7) is 2.11. The Kier molecular flexibility index (Phi) is 4.88. The van der Waals surface area contributed by atoms with Gasteiger partial charge in [0, 0.05) is 19.2 Å². The summed E-state index contributed by atoms with van der Waals surface area (Å²) in [5, 5.41) is 13.6. The monoisotopic (exact) mass is 311 g/mol. The van der Waals surface area contributed by atoms with Crippen LogP contribution in [0.1, 0.15) is 31.2 Å². The first-order valence-electron chi connectivity index (χ1n) is 7.70. The van der Waals surface area contributed by atoms with E-state index in [9.17, 15) is 5.11 Å². The van der Waals surface area contributed by atoms with Gasteiger partial charge in [-0.05, 0) is 36.5 Å². The van der Waals surface area contributed by atoms with Crippen LogP contribution in [0.3, 0.4) is 0 Å². The van der Waals surface area contributed by atoms with Gasteiger partial charge in [-0.2, -0.15) is 0 Å². The van der Waals surface area contributed by atoms with E-state index < -0.39 is 0 Å². The molecule has 116 valence electrons. The van der Waals surface area contributed by atoms with Crippen molar-refractivity contribution in [1.82, 2.24) is 5.32 Å². The largest absolute Gasteiger partial charge is 0.486 e. The highest BCUT2D eigenvalue weighted by atomic mass is 35.5. The van der Waals surface area contributed by atoms with E-state index in [0.29, 0.717) is 35.9 Å². The maximum atomic E-state index is 9.46. The lowest BCUT2D eigenvalue weighted by Gasteiger charge is -2.31. The van der Waals surface area contributed by atoms with Crippen molar-refractivity contribution in [3.8, 4) is 11.5 Å². The highest BCUT2D eigenvalue weighted by molar-refractivity contribution is 6.32. The number of aliphatic hydroxyl groups is 1. The molecule has 1 fully saturated rings. The van der Waals surface area contributed by atoms with Crippen molar-refractivity contribution in [3.63, 3.8) is 0 Å². The van der Waals surface area contributed by atoms with Gasteiger partial charge in [0.15, 0.2) is 11.5 Å². The van der Waals surface area contributed by atoms with Crippen LogP contribution < -0.4 is 14.8 Å². The van der Waals surface area contributed by atoms with Gasteiger partial charge in [-0.3, -0.25) is 0 Å². The second kappa shape index (κ2) is 6.86. The van der Waals surface area contributed by atoms with Crippen molar-refractivity contribution in [2.45, 2.75) is 38.3 Å². The Morgan fingerprint density at radius 3 is 2.86 bits per heavy atom. The number of aliphatic hydroxyl groups excluding tert-OH is 1. The Morgan fingerprint density at radius 2 is 2.00 bits per heavy atom. The highest BCUT2D eigenvalue weighted by Gasteiger charge is 2.24. The second-order valence-corrected chi connectivity index (χ2v) is 6.22. The maximum absolute atomic E-state index is 9.46. The Labute approximate surface area is 130 Å². The molecule has 5 heteroatoms. The van der Waals surface area contributed by atoms with Crippen LogP contribution in [0, 0.1) is 5.92 Å². The summed E-state index contributed by atoms with van der Waals surface area (Å²) in [6.07, 6.45) is 4.69. The molecule has 0 radical (unpaired) electrons. The second-order valence-electron chi connectivity index (χ2n) is 5.82. The van der Waals surface area contributed by atoms with Crippen LogP contribution in [0.2, 0.25) is 5.02 Å². The Morgan fingerprint density at radius 1 is 1.19 bits per heavy atom. The molecule has 1 saturated carbocycles. The van der Waals surface area contributed by atoms with E-state index in [1.54, 1.807) is 0 Å². The van der Waals surface area contributed by atoms with E-state index in [4.69, 9.17) is 21.1 Å². The van der Waals surface area contributed by atoms with Gasteiger partial charge in [0.25, 0.3) is 0 Å². The molecule has 0 saturated heterocycles. The SMILES string of the molecule is OCC1CCCCC1NCc1cc(Cl)c2c(c1)OCCO2. The van der Waals surface area contributed by atoms with E-state index in [-0.39, 0.29) is 6.61 Å². The molecular formula is C16H22ClNO3. The zero-order valence-electron chi connectivity index (χ0n) is 12.1. The van der Waals surface area contributed by atoms with Crippen LogP contribution in [0.5, 0.6) is 11.5 Å². The van der Waals surface area contributed by atoms with Gasteiger partial charge in [-0.1, -0.05) is 24.4 Å². The Hall–Kier alpha value is -0.970. The number of ether oxygens (including phenoxy) is 2. The van der Waals surface area contributed by atoms with Crippen LogP contribution in [-0.2, 0) is 6.54 Å². The molecule has 3 rings (SSSR count). The molecule has 0 spiro atoms. The van der Waals surface area contributed by atoms with E-state index in [0.717, 1.165) is 30.7 Å². The molecule has 2 unspecified atom stereocenters. The lowest BCUT2D eigenvalue weighted by atomic mass is 9.85. The third-order valence-corrected chi connectivity index (χ3v) is 4.65. The zero-order chi connectivity index (χ0) is 14.7. The van der Waals surface area contributed by atoms with E-state index in [1.165, 1.54) is 12.8 Å². The number of rotatable bonds is 4. The van der Waals surface area contributed by atoms with Gasteiger partial charge < -0.3 is 19.9 Å². The average molecular weight is 312 g/mol. The predicted octanol–water partition coefficient (Wildman–Crippen LogP) is 2.75. The third-order valence-electron chi connectivity index (χ3n) is 4.37. The lowest BCUT2D eigenvalue weighted by molar-refractivity contribution is 0.152. The molecular weight excluding hydrogens is 290 g/mol. The van der Waals surface area contributed by atoms with Crippen LogP contribution in [0.4, 0.5) is 0 Å². The number of benzene rings is 1. The van der Waals surface area contributed by atoms with Gasteiger partial charge in [-0.25, -0.2) is 0 Å². The number of hydrogen-bond donors (Lipinski definition) is 2. The number of fused-ring (bicyclic) bond motifs is 1. The molecule has 1 aromatic carbocycles. The van der Waals surface area contributed by atoms with Crippen LogP contribution in [0.15, 0.2) is 12.1 Å². The number of halogens is 1. The molecule has 1 heterocycles. The Bertz CT molecular complexity index is 495. The van der Waals surface area contributed by atoms with Crippen molar-refractivity contribution in [2.75, 3.05) is 19.8 Å². The molecule has 2 atom stereocenters. The molecule has 0 amide bonds. The predicted molar refractivity (Wildman–Crippen MR) is 82.1 cm³/mol. The third kappa shape index (κ3) is 3.44. The normalized spacial score (nSPS) is 24.9. The topological polar surface area (TPSA) is 50.7 Å². The summed E-state index contributed by atoms with van der Waals surface area (Å²) >= 11 is 6.25. The first-order valence-corrected chi connectivity index (χ1v) is 8.08. The molecule has 0 aromatic heterocycles. The number of nitrogens with one attached hydrogen (secondary N) is 1. The average Bonchev–Trinajstić information content (AvgIpc) is 2.53. The first kappa shape index (κ1) is 14.9. The van der Waals surface area contributed by atoms with E-state index >= 15 is 0 Å². The van der Waals surface area contributed by atoms with Gasteiger partial charge in [-0.15, -0.1) is 0 Å². The minimum Gasteiger partial charge on any atom is -0.486 e. The highest BCUT2D eigenvalue weighted by Crippen LogP contribution is 2.38. The summed E-state index contributed by atoms with van der Waals surface area (Å²) in [6, 6.07) is 4.30. The van der Waals surface area contributed by atoms with Gasteiger partial charge in [0.2, 0.25) is 0 Å². The summed E-state index contributed by atoms with van der Waals surface area (Å²) < 4.78 is 11.1. The fourth-order valence-electron chi connectivity index (χ4n) is 3.21. The van der Waals surface area contributed by atoms with Gasteiger partial charge >= 0.3 is 0 Å². The van der Waals surface area contributed by atoms with Crippen molar-refractivity contribution < 1.29 is 14.6 Å². The molecule has 0 bridgehead atoms. The molecule has 1 aromatic rings. The molecule has 4 nitrogen and oxygen atoms in total. The van der Waals surface area contributed by atoms with Crippen LogP contribution in [-0.4, -0.2) is 31.0 Å². The smallest absolute Gasteiger partial charge is 0.179 e. The number of hydrogen-bond acceptors (Lipinski definition) is 4. The fraction of sp³-hybridized carbons (Fsp3) is 0.625. The fourth-order valence-corrected chi connectivity index (χ4v) is 3.50. The summed E-state index contributed by atoms with van der Waals surface area (Å²) in [5.41, 5.74) is 1.09. The first-order chi connectivity index (χ1) is 10.3. The minimum atomic E-state index is 0.263. The van der Waals surface area contributed by atoms with Gasteiger partial charge in [0.05, 0.1) is 5.02 Å². The van der Waals surface area contributed by atoms with Crippen molar-refractivity contribution in [2.24, 2.45) is 5.92 Å². The maximum Gasteiger partial charge on any atom is 0.179 e. The molecule has 1 aliphatic heterocycles. The molecule has 1 aliphatic carbocycles. The lowest BCUT2D eigenvalue weighted by Crippen LogP contribution is -2.39. The molecule has 2 aliphatic rings. The summed E-state index contributed by atoms with van der Waals surface area (Å²) in [7, 11) is 0. The van der Waals surface area contributed by atoms with Crippen LogP contribution in [0.25, 0.3) is 0 Å². The van der Waals surface area contributed by atoms with E-state index in [1.807, 2.05) is 12.1 Å². The van der Waals surface area contributed by atoms with Crippen molar-refractivity contribution >= 4 is 11.6 Å². The molecule has 2 N–H and O–H groups in total. The summed E-state index contributed by atoms with van der Waals surface area (Å²) in [5.74, 6) is 1.75. The van der Waals surface area contributed by atoms with Gasteiger partial charge in [0.1, 0.15) is 13.2 Å².